The van der Waals surface area contributed by atoms with Gasteiger partial charge in [-0.1, -0.05) is 34.9 Å². The number of aryl methyl sites for hydroxylation is 3. The van der Waals surface area contributed by atoms with E-state index in [2.05, 4.69) is 0 Å². The molecule has 0 unspecified atom stereocenters. The van der Waals surface area contributed by atoms with Crippen LogP contribution in [0.15, 0.2) is 140 Å². The topological polar surface area (TPSA) is 307 Å². The number of piperazine rings is 3. The van der Waals surface area contributed by atoms with Crippen LogP contribution in [-0.4, -0.2) is 230 Å². The first-order chi connectivity index (χ1) is 50.7. The minimum atomic E-state index is -0.652. The second-order valence-corrected chi connectivity index (χ2v) is 27.4. The molecule has 0 N–H and O–H groups in total. The number of aromatic nitrogens is 3. The maximum atomic E-state index is 13.5. The van der Waals surface area contributed by atoms with Gasteiger partial charge in [0.1, 0.15) is 28.6 Å². The van der Waals surface area contributed by atoms with E-state index in [0.717, 1.165) is 17.7 Å². The van der Waals surface area contributed by atoms with E-state index >= 15 is 0 Å². The van der Waals surface area contributed by atoms with Crippen molar-refractivity contribution in [1.82, 2.24) is 43.1 Å². The lowest BCUT2D eigenvalue weighted by Crippen LogP contribution is -2.49. The summed E-state index contributed by atoms with van der Waals surface area (Å²) in [6, 6.07) is 33.6. The number of pyridine rings is 3. The molecule has 5 aromatic carbocycles. The van der Waals surface area contributed by atoms with Crippen molar-refractivity contribution in [2.24, 2.45) is 0 Å². The Kier molecular flexibility index (Phi) is 24.9. The molecule has 560 valence electrons. The smallest absolute Gasteiger partial charge is 0.357 e. The van der Waals surface area contributed by atoms with E-state index in [4.69, 9.17) is 25.5 Å². The summed E-state index contributed by atoms with van der Waals surface area (Å²) in [5, 5.41) is 38.8. The number of benzene rings is 5. The van der Waals surface area contributed by atoms with Gasteiger partial charge < -0.3 is 71.7 Å². The summed E-state index contributed by atoms with van der Waals surface area (Å²) in [5.74, 6) is 1.15. The van der Waals surface area contributed by atoms with Crippen LogP contribution in [0, 0.1) is 44.2 Å². The molecule has 4 aromatic heterocycles. The molecular formula is C75H88ClN15O15. The van der Waals surface area contributed by atoms with Crippen LogP contribution in [-0.2, 0) is 19.6 Å². The fourth-order valence-electron chi connectivity index (χ4n) is 13.5. The molecule has 7 heterocycles. The Hall–Kier alpha value is -11.2. The molecule has 0 radical (unpaired) electrons. The zero-order chi connectivity index (χ0) is 76.4. The summed E-state index contributed by atoms with van der Waals surface area (Å²) >= 11 is 6.26. The molecule has 30 nitrogen and oxygen atoms in total. The fraction of sp³-hybridized carbons (Fsp3) is 0.387. The van der Waals surface area contributed by atoms with Crippen molar-refractivity contribution in [3.05, 3.63) is 216 Å². The Labute approximate surface area is 616 Å². The highest BCUT2D eigenvalue weighted by Crippen LogP contribution is 2.39. The number of methoxy groups -OCH3 is 2. The maximum Gasteiger partial charge on any atom is 0.357 e. The van der Waals surface area contributed by atoms with Gasteiger partial charge in [-0.3, -0.25) is 59.1 Å². The average molecular weight is 1480 g/mol. The highest BCUT2D eigenvalue weighted by Gasteiger charge is 2.37. The zero-order valence-corrected chi connectivity index (χ0v) is 61.9. The SMILES string of the molecule is CN(C)CCn1c(=O)c([N+](=O)[O-])c(N2CCN(C(=O)c3ccco3)CC2)c2cc(Cl)ccc21.COc1ccc(C(=O)N2CCN(c3c([N+](=O)[O-])c(=O)n(CCCN(C)C)c4ccc(C)cc34)CC2)cc1.COc1ccc(C(=O)N2CCN(c3c([N+](=O)[O-])c(=O)n(CCN(C)C)c4ccc(C)cc34)CC2)cc1. The Morgan fingerprint density at radius 3 is 1.12 bits per heavy atom. The monoisotopic (exact) mass is 1470 g/mol. The number of nitro groups is 3. The molecular weight excluding hydrogens is 1390 g/mol. The van der Waals surface area contributed by atoms with E-state index < -0.39 is 48.5 Å². The zero-order valence-electron chi connectivity index (χ0n) is 61.2. The van der Waals surface area contributed by atoms with E-state index in [1.54, 1.807) is 113 Å². The van der Waals surface area contributed by atoms with Gasteiger partial charge in [-0.15, -0.1) is 0 Å². The van der Waals surface area contributed by atoms with Crippen LogP contribution in [0.5, 0.6) is 11.5 Å². The third-order valence-corrected chi connectivity index (χ3v) is 19.3. The van der Waals surface area contributed by atoms with Crippen LogP contribution in [0.1, 0.15) is 48.8 Å². The molecule has 12 rings (SSSR count). The number of carbonyl (C=O) groups excluding carboxylic acids is 3. The highest BCUT2D eigenvalue weighted by molar-refractivity contribution is 6.31. The van der Waals surface area contributed by atoms with Crippen molar-refractivity contribution in [1.29, 1.82) is 0 Å². The van der Waals surface area contributed by atoms with Gasteiger partial charge in [-0.2, -0.15) is 0 Å². The van der Waals surface area contributed by atoms with Gasteiger partial charge in [0.2, 0.25) is 0 Å². The van der Waals surface area contributed by atoms with Crippen LogP contribution < -0.4 is 40.9 Å². The molecule has 3 saturated heterocycles. The van der Waals surface area contributed by atoms with E-state index in [0.29, 0.717) is 189 Å². The summed E-state index contributed by atoms with van der Waals surface area (Å²) in [7, 11) is 14.6. The number of rotatable bonds is 21. The minimum absolute atomic E-state index is 0.103. The Morgan fingerprint density at radius 1 is 0.453 bits per heavy atom. The molecule has 0 atom stereocenters. The number of anilines is 3. The molecule has 3 amide bonds. The number of hydrogen-bond acceptors (Lipinski definition) is 21. The first-order valence-corrected chi connectivity index (χ1v) is 35.1. The predicted molar refractivity (Wildman–Crippen MR) is 408 cm³/mol. The molecule has 3 aliphatic heterocycles. The Morgan fingerprint density at radius 2 is 0.792 bits per heavy atom. The molecule has 31 heteroatoms. The normalized spacial score (nSPS) is 14.0. The van der Waals surface area contributed by atoms with Crippen LogP contribution in [0.2, 0.25) is 5.02 Å². The van der Waals surface area contributed by atoms with Gasteiger partial charge in [0.05, 0.1) is 51.8 Å². The third-order valence-electron chi connectivity index (χ3n) is 19.0. The number of ether oxygens (including phenoxy) is 2. The quantitative estimate of drug-likeness (QED) is 0.0480. The summed E-state index contributed by atoms with van der Waals surface area (Å²) in [5.41, 5.74) is 2.73. The van der Waals surface area contributed by atoms with Gasteiger partial charge in [-0.05, 0) is 172 Å². The number of carbonyl (C=O) groups is 3. The third kappa shape index (κ3) is 17.3. The maximum absolute atomic E-state index is 13.5. The van der Waals surface area contributed by atoms with Gasteiger partial charge in [-0.25, -0.2) is 0 Å². The van der Waals surface area contributed by atoms with Gasteiger partial charge in [0.15, 0.2) is 5.76 Å². The van der Waals surface area contributed by atoms with Gasteiger partial charge in [0.25, 0.3) is 17.7 Å². The highest BCUT2D eigenvalue weighted by atomic mass is 35.5. The van der Waals surface area contributed by atoms with Crippen molar-refractivity contribution in [2.75, 3.05) is 169 Å². The molecule has 0 saturated carbocycles. The van der Waals surface area contributed by atoms with Crippen molar-refractivity contribution >= 4 is 96.2 Å². The van der Waals surface area contributed by atoms with Crippen LogP contribution >= 0.6 is 11.6 Å². The number of likely N-dealkylation sites (N-methyl/N-ethyl adjacent to an activating group) is 2. The first-order valence-electron chi connectivity index (χ1n) is 34.7. The van der Waals surface area contributed by atoms with E-state index in [-0.39, 0.29) is 29.2 Å². The minimum Gasteiger partial charge on any atom is -0.497 e. The molecule has 106 heavy (non-hydrogen) atoms. The number of furan rings is 1. The van der Waals surface area contributed by atoms with Crippen LogP contribution in [0.25, 0.3) is 32.7 Å². The van der Waals surface area contributed by atoms with Crippen molar-refractivity contribution < 1.29 is 43.0 Å². The standard InChI is InChI=1S/C27H33N5O5.C26H31N5O5.C22H24ClN5O5/c1-19-6-11-23-22(18-19)24(25(32(35)36)27(34)31(23)13-5-12-28(2)3)29-14-16-30(17-15-29)26(33)20-7-9-21(37-4)10-8-20;1-18-5-10-22-21(17-18)23(24(31(34)35)26(33)30(22)16-11-27(2)3)28-12-14-29(15-13-28)25(32)19-6-8-20(36-4)9-7-19;1-24(2)7-12-27-17-6-5-15(23)14-16(17)19(20(22(27)30)28(31)32)25-8-10-26(11-9-25)21(29)18-4-3-13-33-18/h6-11,18H,5,12-17H2,1-4H3;5-10,17H,11-16H2,1-4H3;3-6,13-14H,7-12H2,1-2H3. The lowest BCUT2D eigenvalue weighted by Gasteiger charge is -2.36. The van der Waals surface area contributed by atoms with Crippen molar-refractivity contribution in [3.63, 3.8) is 0 Å². The summed E-state index contributed by atoms with van der Waals surface area (Å²) in [6.45, 7) is 11.2. The number of amides is 3. The summed E-state index contributed by atoms with van der Waals surface area (Å²) in [4.78, 5) is 130. The summed E-state index contributed by atoms with van der Waals surface area (Å²) < 4.78 is 20.0. The lowest BCUT2D eigenvalue weighted by molar-refractivity contribution is -0.385. The second kappa shape index (κ2) is 34.1. The molecule has 0 spiro atoms. The predicted octanol–water partition coefficient (Wildman–Crippen LogP) is 8.57. The van der Waals surface area contributed by atoms with Gasteiger partial charge in [0, 0.05) is 144 Å². The fourth-order valence-corrected chi connectivity index (χ4v) is 13.7. The van der Waals surface area contributed by atoms with E-state index in [9.17, 15) is 59.1 Å². The van der Waals surface area contributed by atoms with Gasteiger partial charge >= 0.3 is 33.7 Å². The van der Waals surface area contributed by atoms with Crippen LogP contribution in [0.4, 0.5) is 34.1 Å². The number of fused-ring (bicyclic) bond motifs is 3. The largest absolute Gasteiger partial charge is 0.497 e. The van der Waals surface area contributed by atoms with E-state index in [1.165, 1.54) is 20.0 Å². The van der Waals surface area contributed by atoms with E-state index in [1.807, 2.05) is 117 Å². The first kappa shape index (κ1) is 77.4. The number of hydrogen-bond donors (Lipinski definition) is 0. The number of halogens is 1. The molecule has 0 aliphatic carbocycles. The molecule has 3 aliphatic rings. The lowest BCUT2D eigenvalue weighted by atomic mass is 10.1. The number of nitrogens with zero attached hydrogens (tertiary/aromatic N) is 15. The van der Waals surface area contributed by atoms with Crippen LogP contribution in [0.3, 0.4) is 0 Å². The Bertz CT molecular complexity index is 4920. The molecule has 0 bridgehead atoms. The summed E-state index contributed by atoms with van der Waals surface area (Å²) in [6.07, 6.45) is 2.13. The van der Waals surface area contributed by atoms with Crippen molar-refractivity contribution in [2.45, 2.75) is 39.9 Å². The second-order valence-electron chi connectivity index (χ2n) is 27.0. The average Bonchev–Trinajstić information content (AvgIpc) is 0.884. The van der Waals surface area contributed by atoms with Crippen molar-refractivity contribution in [3.8, 4) is 11.5 Å². The Balaban J connectivity index is 0.000000170. The molecule has 3 fully saturated rings. The molecule has 9 aromatic rings.